The molecule has 3 rings (SSSR count). The second-order valence-corrected chi connectivity index (χ2v) is 7.60. The van der Waals surface area contributed by atoms with E-state index in [0.717, 1.165) is 22.8 Å². The first-order chi connectivity index (χ1) is 11.1. The maximum Gasteiger partial charge on any atom is 0.140 e. The highest BCUT2D eigenvalue weighted by Crippen LogP contribution is 2.34. The topological polar surface area (TPSA) is 29.1 Å². The van der Waals surface area contributed by atoms with E-state index in [0.29, 0.717) is 22.2 Å². The largest absolute Gasteiger partial charge is 0.377 e. The minimum absolute atomic E-state index is 0.0473. The predicted octanol–water partition coefficient (Wildman–Crippen LogP) is 5.47. The molecule has 1 saturated heterocycles. The molecular formula is C18H17Cl2NOS. The van der Waals surface area contributed by atoms with E-state index < -0.39 is 0 Å². The van der Waals surface area contributed by atoms with Crippen LogP contribution in [-0.2, 0) is 4.79 Å². The Balaban J connectivity index is 1.92. The standard InChI is InChI=1S/C18H17Cl2NOS/c19-13-6-4-12(5-7-13)18(16-11-23-9-8-17(16)22)21-15-3-1-2-14(20)10-15/h1-7,10,16,18,21H,8-9,11H2. The first kappa shape index (κ1) is 16.7. The van der Waals surface area contributed by atoms with Crippen LogP contribution >= 0.6 is 35.0 Å². The molecule has 2 nitrogen and oxygen atoms in total. The Morgan fingerprint density at radius 3 is 2.57 bits per heavy atom. The summed E-state index contributed by atoms with van der Waals surface area (Å²) < 4.78 is 0. The van der Waals surface area contributed by atoms with Crippen LogP contribution in [0.15, 0.2) is 48.5 Å². The zero-order valence-corrected chi connectivity index (χ0v) is 14.8. The molecule has 23 heavy (non-hydrogen) atoms. The first-order valence-corrected chi connectivity index (χ1v) is 9.42. The Hall–Kier alpha value is -1.16. The third-order valence-electron chi connectivity index (χ3n) is 3.98. The summed E-state index contributed by atoms with van der Waals surface area (Å²) in [6.07, 6.45) is 0.636. The lowest BCUT2D eigenvalue weighted by molar-refractivity contribution is -0.122. The van der Waals surface area contributed by atoms with Gasteiger partial charge in [0.25, 0.3) is 0 Å². The van der Waals surface area contributed by atoms with E-state index in [-0.39, 0.29) is 12.0 Å². The molecule has 1 aliphatic rings. The minimum Gasteiger partial charge on any atom is -0.377 e. The molecule has 1 fully saturated rings. The zero-order valence-electron chi connectivity index (χ0n) is 12.5. The summed E-state index contributed by atoms with van der Waals surface area (Å²) in [7, 11) is 0. The molecule has 2 atom stereocenters. The van der Waals surface area contributed by atoms with Gasteiger partial charge >= 0.3 is 0 Å². The lowest BCUT2D eigenvalue weighted by Gasteiger charge is -2.31. The van der Waals surface area contributed by atoms with E-state index in [1.165, 1.54) is 0 Å². The molecule has 0 bridgehead atoms. The average Bonchev–Trinajstić information content (AvgIpc) is 2.54. The van der Waals surface area contributed by atoms with E-state index in [9.17, 15) is 4.79 Å². The van der Waals surface area contributed by atoms with Gasteiger partial charge in [0.15, 0.2) is 0 Å². The van der Waals surface area contributed by atoms with Gasteiger partial charge in [-0.15, -0.1) is 0 Å². The van der Waals surface area contributed by atoms with Gasteiger partial charge in [0.05, 0.1) is 12.0 Å². The van der Waals surface area contributed by atoms with Gasteiger partial charge in [-0.3, -0.25) is 4.79 Å². The van der Waals surface area contributed by atoms with Gasteiger partial charge in [-0.25, -0.2) is 0 Å². The van der Waals surface area contributed by atoms with Crippen LogP contribution in [0.3, 0.4) is 0 Å². The number of hydrogen-bond acceptors (Lipinski definition) is 3. The van der Waals surface area contributed by atoms with E-state index in [4.69, 9.17) is 23.2 Å². The second kappa shape index (κ2) is 7.61. The monoisotopic (exact) mass is 365 g/mol. The van der Waals surface area contributed by atoms with Crippen molar-refractivity contribution in [1.82, 2.24) is 0 Å². The Morgan fingerprint density at radius 1 is 1.09 bits per heavy atom. The smallest absolute Gasteiger partial charge is 0.140 e. The number of carbonyl (C=O) groups excluding carboxylic acids is 1. The van der Waals surface area contributed by atoms with Crippen molar-refractivity contribution in [3.63, 3.8) is 0 Å². The molecule has 120 valence electrons. The average molecular weight is 366 g/mol. The van der Waals surface area contributed by atoms with E-state index in [1.807, 2.05) is 60.3 Å². The zero-order chi connectivity index (χ0) is 16.2. The molecule has 1 N–H and O–H groups in total. The Morgan fingerprint density at radius 2 is 1.87 bits per heavy atom. The van der Waals surface area contributed by atoms with Crippen molar-refractivity contribution in [2.75, 3.05) is 16.8 Å². The number of halogens is 2. The van der Waals surface area contributed by atoms with Gasteiger partial charge in [-0.2, -0.15) is 11.8 Å². The van der Waals surface area contributed by atoms with E-state index in [1.54, 1.807) is 0 Å². The van der Waals surface area contributed by atoms with Crippen LogP contribution in [0.25, 0.3) is 0 Å². The number of hydrogen-bond donors (Lipinski definition) is 1. The maximum absolute atomic E-state index is 12.4. The summed E-state index contributed by atoms with van der Waals surface area (Å²) >= 11 is 13.9. The normalized spacial score (nSPS) is 19.4. The van der Waals surface area contributed by atoms with Crippen LogP contribution in [0.5, 0.6) is 0 Å². The van der Waals surface area contributed by atoms with E-state index in [2.05, 4.69) is 5.32 Å². The van der Waals surface area contributed by atoms with Crippen molar-refractivity contribution in [1.29, 1.82) is 0 Å². The van der Waals surface area contributed by atoms with Crippen molar-refractivity contribution in [2.24, 2.45) is 5.92 Å². The molecule has 1 aliphatic heterocycles. The van der Waals surface area contributed by atoms with Crippen molar-refractivity contribution in [2.45, 2.75) is 12.5 Å². The summed E-state index contributed by atoms with van der Waals surface area (Å²) in [6, 6.07) is 15.2. The van der Waals surface area contributed by atoms with Crippen LogP contribution in [0.1, 0.15) is 18.0 Å². The number of ketones is 1. The number of rotatable bonds is 4. The second-order valence-electron chi connectivity index (χ2n) is 5.58. The molecule has 2 aromatic carbocycles. The summed E-state index contributed by atoms with van der Waals surface area (Å²) in [5, 5.41) is 4.86. The van der Waals surface area contributed by atoms with Gasteiger partial charge in [0.2, 0.25) is 0 Å². The molecule has 0 radical (unpaired) electrons. The van der Waals surface area contributed by atoms with Crippen LogP contribution < -0.4 is 5.32 Å². The molecule has 0 saturated carbocycles. The van der Waals surface area contributed by atoms with Crippen LogP contribution in [0.4, 0.5) is 5.69 Å². The highest BCUT2D eigenvalue weighted by molar-refractivity contribution is 7.99. The fourth-order valence-corrected chi connectivity index (χ4v) is 4.25. The predicted molar refractivity (Wildman–Crippen MR) is 99.7 cm³/mol. The van der Waals surface area contributed by atoms with Crippen molar-refractivity contribution in [3.8, 4) is 0 Å². The number of carbonyl (C=O) groups is 1. The molecular weight excluding hydrogens is 349 g/mol. The highest BCUT2D eigenvalue weighted by Gasteiger charge is 2.31. The SMILES string of the molecule is O=C1CCSCC1C(Nc1cccc(Cl)c1)c1ccc(Cl)cc1. The lowest BCUT2D eigenvalue weighted by Crippen LogP contribution is -2.32. The molecule has 1 heterocycles. The summed E-state index contributed by atoms with van der Waals surface area (Å²) in [4.78, 5) is 12.4. The van der Waals surface area contributed by atoms with Gasteiger partial charge in [0.1, 0.15) is 5.78 Å². The van der Waals surface area contributed by atoms with Crippen molar-refractivity contribution < 1.29 is 4.79 Å². The van der Waals surface area contributed by atoms with Crippen molar-refractivity contribution >= 4 is 46.4 Å². The number of benzene rings is 2. The summed E-state index contributed by atoms with van der Waals surface area (Å²) in [5.74, 6) is 2.02. The van der Waals surface area contributed by atoms with Gasteiger partial charge in [-0.05, 0) is 35.9 Å². The van der Waals surface area contributed by atoms with Crippen LogP contribution in [-0.4, -0.2) is 17.3 Å². The quantitative estimate of drug-likeness (QED) is 0.778. The third-order valence-corrected chi connectivity index (χ3v) is 5.56. The van der Waals surface area contributed by atoms with Crippen molar-refractivity contribution in [3.05, 3.63) is 64.1 Å². The highest BCUT2D eigenvalue weighted by atomic mass is 35.5. The number of nitrogens with one attached hydrogen (secondary N) is 1. The Kier molecular flexibility index (Phi) is 5.52. The van der Waals surface area contributed by atoms with E-state index >= 15 is 0 Å². The van der Waals surface area contributed by atoms with Gasteiger partial charge < -0.3 is 5.32 Å². The number of Topliss-reactive ketones (excluding diaryl/α,β-unsaturated/α-hetero) is 1. The molecule has 0 aromatic heterocycles. The summed E-state index contributed by atoms with van der Waals surface area (Å²) in [5.41, 5.74) is 1.98. The number of anilines is 1. The molecule has 0 aliphatic carbocycles. The Labute approximate surface area is 150 Å². The maximum atomic E-state index is 12.4. The molecule has 5 heteroatoms. The fraction of sp³-hybridized carbons (Fsp3) is 0.278. The summed E-state index contributed by atoms with van der Waals surface area (Å²) in [6.45, 7) is 0. The lowest BCUT2D eigenvalue weighted by atomic mass is 9.89. The molecule has 2 aromatic rings. The van der Waals surface area contributed by atoms with Gasteiger partial charge in [0, 0.05) is 33.7 Å². The number of thioether (sulfide) groups is 1. The van der Waals surface area contributed by atoms with Crippen LogP contribution in [0.2, 0.25) is 10.0 Å². The van der Waals surface area contributed by atoms with Crippen LogP contribution in [0, 0.1) is 5.92 Å². The Bertz CT molecular complexity index is 690. The molecule has 2 unspecified atom stereocenters. The minimum atomic E-state index is -0.0777. The third kappa shape index (κ3) is 4.23. The fourth-order valence-electron chi connectivity index (χ4n) is 2.79. The van der Waals surface area contributed by atoms with Gasteiger partial charge in [-0.1, -0.05) is 41.4 Å². The first-order valence-electron chi connectivity index (χ1n) is 7.51. The molecule has 0 spiro atoms. The molecule has 0 amide bonds.